The minimum atomic E-state index is -0.639. The molecule has 150 valence electrons. The summed E-state index contributed by atoms with van der Waals surface area (Å²) in [6, 6.07) is 18.3. The molecule has 3 aromatic carbocycles. The molecule has 0 unspecified atom stereocenters. The van der Waals surface area contributed by atoms with E-state index in [1.807, 2.05) is 19.1 Å². The number of anilines is 1. The van der Waals surface area contributed by atoms with Crippen molar-refractivity contribution in [1.29, 1.82) is 0 Å². The van der Waals surface area contributed by atoms with Crippen LogP contribution in [-0.4, -0.2) is 20.7 Å². The molecule has 0 aliphatic rings. The van der Waals surface area contributed by atoms with Crippen molar-refractivity contribution in [3.05, 3.63) is 94.0 Å². The van der Waals surface area contributed by atoms with E-state index in [0.29, 0.717) is 27.1 Å². The maximum atomic E-state index is 13.9. The van der Waals surface area contributed by atoms with Gasteiger partial charge in [-0.25, -0.2) is 14.1 Å². The van der Waals surface area contributed by atoms with Crippen molar-refractivity contribution < 1.29 is 9.18 Å². The lowest BCUT2D eigenvalue weighted by atomic mass is 10.2. The van der Waals surface area contributed by atoms with Crippen LogP contribution in [-0.2, 0) is 0 Å². The third-order valence-corrected chi connectivity index (χ3v) is 5.06. The van der Waals surface area contributed by atoms with E-state index in [9.17, 15) is 9.18 Å². The third kappa shape index (κ3) is 4.06. The third-order valence-electron chi connectivity index (χ3n) is 4.42. The fraction of sp³-hybridized carbons (Fsp3) is 0.0455. The van der Waals surface area contributed by atoms with Gasteiger partial charge in [-0.15, -0.1) is 5.10 Å². The van der Waals surface area contributed by atoms with Crippen LogP contribution in [0.2, 0.25) is 10.0 Å². The summed E-state index contributed by atoms with van der Waals surface area (Å²) < 4.78 is 15.4. The lowest BCUT2D eigenvalue weighted by Gasteiger charge is -2.08. The second-order valence-corrected chi connectivity index (χ2v) is 7.39. The summed E-state index contributed by atoms with van der Waals surface area (Å²) in [6.07, 6.45) is 0. The molecular weight excluding hydrogens is 426 g/mol. The predicted octanol–water partition coefficient (Wildman–Crippen LogP) is 5.94. The van der Waals surface area contributed by atoms with Gasteiger partial charge in [0.05, 0.1) is 11.4 Å². The largest absolute Gasteiger partial charge is 0.317 e. The molecule has 0 spiro atoms. The van der Waals surface area contributed by atoms with Gasteiger partial charge < -0.3 is 5.32 Å². The van der Waals surface area contributed by atoms with Crippen LogP contribution in [0.3, 0.4) is 0 Å². The van der Waals surface area contributed by atoms with Crippen molar-refractivity contribution in [3.8, 4) is 17.1 Å². The van der Waals surface area contributed by atoms with Crippen LogP contribution in [0.1, 0.15) is 16.2 Å². The van der Waals surface area contributed by atoms with Crippen LogP contribution in [0.15, 0.2) is 66.7 Å². The SMILES string of the molecule is Cc1ccc(-n2nc(C(=O)Nc3ccccc3F)nc2-c2cccc(Cl)c2)cc1Cl. The van der Waals surface area contributed by atoms with Crippen molar-refractivity contribution in [2.24, 2.45) is 0 Å². The summed E-state index contributed by atoms with van der Waals surface area (Å²) in [5.41, 5.74) is 2.23. The van der Waals surface area contributed by atoms with Crippen LogP contribution in [0.25, 0.3) is 17.1 Å². The van der Waals surface area contributed by atoms with E-state index >= 15 is 0 Å². The highest BCUT2D eigenvalue weighted by Crippen LogP contribution is 2.26. The van der Waals surface area contributed by atoms with Crippen molar-refractivity contribution >= 4 is 34.8 Å². The minimum Gasteiger partial charge on any atom is -0.317 e. The van der Waals surface area contributed by atoms with Gasteiger partial charge in [0.25, 0.3) is 5.91 Å². The van der Waals surface area contributed by atoms with Crippen LogP contribution in [0.5, 0.6) is 0 Å². The number of halogens is 3. The number of nitrogens with one attached hydrogen (secondary N) is 1. The Kier molecular flexibility index (Phi) is 5.53. The Morgan fingerprint density at radius 1 is 1.03 bits per heavy atom. The summed E-state index contributed by atoms with van der Waals surface area (Å²) in [5, 5.41) is 7.92. The molecule has 0 radical (unpaired) electrons. The molecule has 0 aliphatic heterocycles. The molecule has 30 heavy (non-hydrogen) atoms. The Hall–Kier alpha value is -3.22. The molecule has 1 N–H and O–H groups in total. The Morgan fingerprint density at radius 3 is 2.57 bits per heavy atom. The number of benzene rings is 3. The molecule has 5 nitrogen and oxygen atoms in total. The molecule has 1 aromatic heterocycles. The molecule has 4 aromatic rings. The van der Waals surface area contributed by atoms with Crippen molar-refractivity contribution in [2.45, 2.75) is 6.92 Å². The van der Waals surface area contributed by atoms with Crippen LogP contribution in [0.4, 0.5) is 10.1 Å². The number of carbonyl (C=O) groups excluding carboxylic acids is 1. The van der Waals surface area contributed by atoms with E-state index in [2.05, 4.69) is 15.4 Å². The van der Waals surface area contributed by atoms with E-state index in [-0.39, 0.29) is 11.5 Å². The van der Waals surface area contributed by atoms with Crippen LogP contribution >= 0.6 is 23.2 Å². The van der Waals surface area contributed by atoms with Crippen molar-refractivity contribution in [1.82, 2.24) is 14.8 Å². The topological polar surface area (TPSA) is 59.8 Å². The molecule has 0 fully saturated rings. The summed E-state index contributed by atoms with van der Waals surface area (Å²) in [5.74, 6) is -0.910. The molecular formula is C22H15Cl2FN4O. The van der Waals surface area contributed by atoms with Crippen molar-refractivity contribution in [3.63, 3.8) is 0 Å². The summed E-state index contributed by atoms with van der Waals surface area (Å²) in [6.45, 7) is 1.89. The zero-order valence-corrected chi connectivity index (χ0v) is 17.2. The number of aromatic nitrogens is 3. The number of carbonyl (C=O) groups is 1. The lowest BCUT2D eigenvalue weighted by Crippen LogP contribution is -2.15. The second-order valence-electron chi connectivity index (χ2n) is 6.55. The number of hydrogen-bond acceptors (Lipinski definition) is 3. The maximum absolute atomic E-state index is 13.9. The van der Waals surface area contributed by atoms with Gasteiger partial charge in [-0.3, -0.25) is 4.79 Å². The molecule has 4 rings (SSSR count). The van der Waals surface area contributed by atoms with E-state index in [1.54, 1.807) is 36.4 Å². The molecule has 0 saturated carbocycles. The van der Waals surface area contributed by atoms with E-state index in [4.69, 9.17) is 23.2 Å². The van der Waals surface area contributed by atoms with Crippen LogP contribution in [0, 0.1) is 12.7 Å². The van der Waals surface area contributed by atoms with Crippen LogP contribution < -0.4 is 5.32 Å². The first kappa shape index (κ1) is 20.1. The fourth-order valence-electron chi connectivity index (χ4n) is 2.86. The number of aryl methyl sites for hydroxylation is 1. The van der Waals surface area contributed by atoms with Gasteiger partial charge in [0.15, 0.2) is 5.82 Å². The first-order valence-electron chi connectivity index (χ1n) is 8.98. The zero-order valence-electron chi connectivity index (χ0n) is 15.7. The second kappa shape index (κ2) is 8.26. The number of para-hydroxylation sites is 1. The van der Waals surface area contributed by atoms with E-state index < -0.39 is 11.7 Å². The predicted molar refractivity (Wildman–Crippen MR) is 116 cm³/mol. The molecule has 1 heterocycles. The van der Waals surface area contributed by atoms with Crippen molar-refractivity contribution in [2.75, 3.05) is 5.32 Å². The highest BCUT2D eigenvalue weighted by atomic mass is 35.5. The van der Waals surface area contributed by atoms with Gasteiger partial charge in [0.2, 0.25) is 5.82 Å². The summed E-state index contributed by atoms with van der Waals surface area (Å²) in [4.78, 5) is 17.1. The molecule has 1 amide bonds. The average molecular weight is 441 g/mol. The van der Waals surface area contributed by atoms with E-state index in [0.717, 1.165) is 5.56 Å². The van der Waals surface area contributed by atoms with Gasteiger partial charge in [-0.05, 0) is 48.9 Å². The van der Waals surface area contributed by atoms with Gasteiger partial charge in [-0.1, -0.05) is 53.5 Å². The number of hydrogen-bond donors (Lipinski definition) is 1. The fourth-order valence-corrected chi connectivity index (χ4v) is 3.22. The molecule has 8 heteroatoms. The van der Waals surface area contributed by atoms with E-state index in [1.165, 1.54) is 22.9 Å². The molecule has 0 saturated heterocycles. The Bertz CT molecular complexity index is 1260. The number of amides is 1. The van der Waals surface area contributed by atoms with Gasteiger partial charge in [-0.2, -0.15) is 0 Å². The number of nitrogens with zero attached hydrogens (tertiary/aromatic N) is 3. The van der Waals surface area contributed by atoms with Gasteiger partial charge in [0, 0.05) is 15.6 Å². The Morgan fingerprint density at radius 2 is 1.83 bits per heavy atom. The Labute approximate surface area is 182 Å². The monoisotopic (exact) mass is 440 g/mol. The quantitative estimate of drug-likeness (QED) is 0.426. The molecule has 0 atom stereocenters. The standard InChI is InChI=1S/C22H15Cl2FN4O/c1-13-9-10-16(12-17(13)24)29-21(14-5-4-6-15(23)11-14)27-20(28-29)22(30)26-19-8-3-2-7-18(19)25/h2-12H,1H3,(H,26,30). The highest BCUT2D eigenvalue weighted by molar-refractivity contribution is 6.31. The lowest BCUT2D eigenvalue weighted by molar-refractivity contribution is 0.101. The first-order chi connectivity index (χ1) is 14.4. The first-order valence-corrected chi connectivity index (χ1v) is 9.73. The average Bonchev–Trinajstić information content (AvgIpc) is 3.17. The smallest absolute Gasteiger partial charge is 0.295 e. The zero-order chi connectivity index (χ0) is 21.3. The minimum absolute atomic E-state index is 0.0431. The molecule has 0 bridgehead atoms. The number of rotatable bonds is 4. The summed E-state index contributed by atoms with van der Waals surface area (Å²) in [7, 11) is 0. The highest BCUT2D eigenvalue weighted by Gasteiger charge is 2.20. The Balaban J connectivity index is 1.80. The normalized spacial score (nSPS) is 10.8. The maximum Gasteiger partial charge on any atom is 0.295 e. The molecule has 0 aliphatic carbocycles. The summed E-state index contributed by atoms with van der Waals surface area (Å²) >= 11 is 12.4. The van der Waals surface area contributed by atoms with Gasteiger partial charge >= 0.3 is 0 Å². The van der Waals surface area contributed by atoms with Gasteiger partial charge in [0.1, 0.15) is 5.82 Å².